The first kappa shape index (κ1) is 11.3. The monoisotopic (exact) mass is 192 g/mol. The van der Waals surface area contributed by atoms with Crippen LogP contribution in [0.2, 0.25) is 0 Å². The molecule has 0 heterocycles. The van der Waals surface area contributed by atoms with Crippen LogP contribution in [-0.4, -0.2) is 41.2 Å². The zero-order valence-electron chi connectivity index (χ0n) is 7.29. The van der Waals surface area contributed by atoms with Crippen LogP contribution < -0.4 is 0 Å². The van der Waals surface area contributed by atoms with Crippen LogP contribution in [0, 0.1) is 0 Å². The molecule has 0 atom stereocenters. The van der Waals surface area contributed by atoms with Gasteiger partial charge in [-0.05, 0) is 0 Å². The summed E-state index contributed by atoms with van der Waals surface area (Å²) in [6, 6.07) is 0. The average molecular weight is 192 g/mol. The van der Waals surface area contributed by atoms with Gasteiger partial charge in [0.1, 0.15) is 5.20 Å². The minimum atomic E-state index is -3.18. The van der Waals surface area contributed by atoms with Crippen molar-refractivity contribution in [3.05, 3.63) is 11.8 Å². The smallest absolute Gasteiger partial charge is 0.478 e. The van der Waals surface area contributed by atoms with E-state index in [4.69, 9.17) is 18.4 Å². The Morgan fingerprint density at radius 1 is 1.25 bits per heavy atom. The Hall–Kier alpha value is -0.693. The lowest BCUT2D eigenvalue weighted by atomic mass is 10.7. The van der Waals surface area contributed by atoms with Crippen molar-refractivity contribution in [1.29, 1.82) is 0 Å². The molecule has 0 aromatic carbocycles. The molecule has 0 amide bonds. The predicted molar refractivity (Wildman–Crippen MR) is 43.6 cm³/mol. The molecule has 12 heavy (non-hydrogen) atoms. The summed E-state index contributed by atoms with van der Waals surface area (Å²) < 4.78 is 14.6. The van der Waals surface area contributed by atoms with E-state index in [1.165, 1.54) is 21.3 Å². The number of hydrogen-bond donors (Lipinski definition) is 1. The van der Waals surface area contributed by atoms with Crippen LogP contribution in [0.15, 0.2) is 11.8 Å². The van der Waals surface area contributed by atoms with Gasteiger partial charge in [0.25, 0.3) is 0 Å². The number of carbonyl (C=O) groups is 1. The molecule has 0 saturated carbocycles. The third-order valence-electron chi connectivity index (χ3n) is 1.43. The van der Waals surface area contributed by atoms with Crippen LogP contribution in [0.1, 0.15) is 0 Å². The van der Waals surface area contributed by atoms with Gasteiger partial charge in [-0.3, -0.25) is 0 Å². The Morgan fingerprint density at radius 3 is 1.67 bits per heavy atom. The lowest BCUT2D eigenvalue weighted by Crippen LogP contribution is -2.47. The second-order valence-corrected chi connectivity index (χ2v) is 4.89. The Morgan fingerprint density at radius 2 is 1.58 bits per heavy atom. The summed E-state index contributed by atoms with van der Waals surface area (Å²) in [6.45, 7) is 3.33. The molecule has 0 aliphatic rings. The molecule has 0 aliphatic heterocycles. The highest BCUT2D eigenvalue weighted by Crippen LogP contribution is 2.15. The van der Waals surface area contributed by atoms with Crippen molar-refractivity contribution < 1.29 is 23.2 Å². The van der Waals surface area contributed by atoms with E-state index in [1.807, 2.05) is 0 Å². The highest BCUT2D eigenvalue weighted by atomic mass is 28.4. The van der Waals surface area contributed by atoms with E-state index in [-0.39, 0.29) is 5.20 Å². The van der Waals surface area contributed by atoms with Crippen LogP contribution in [0.5, 0.6) is 0 Å². The van der Waals surface area contributed by atoms with E-state index >= 15 is 0 Å². The Labute approximate surface area is 71.9 Å². The van der Waals surface area contributed by atoms with Crippen molar-refractivity contribution in [1.82, 2.24) is 0 Å². The molecular formula is C6H12O5Si. The molecular weight excluding hydrogens is 180 g/mol. The molecule has 0 fully saturated rings. The van der Waals surface area contributed by atoms with E-state index in [0.29, 0.717) is 0 Å². The van der Waals surface area contributed by atoms with Crippen LogP contribution in [0.4, 0.5) is 0 Å². The van der Waals surface area contributed by atoms with Crippen molar-refractivity contribution in [2.75, 3.05) is 21.3 Å². The summed E-state index contributed by atoms with van der Waals surface area (Å²) in [5.41, 5.74) is 0. The standard InChI is InChI=1S/C6H12O5Si/c1-5(6(7)8)12(9-2,10-3)11-4/h1H2,2-4H3,(H,7,8). The van der Waals surface area contributed by atoms with Gasteiger partial charge < -0.3 is 18.4 Å². The number of hydrogen-bond acceptors (Lipinski definition) is 4. The fraction of sp³-hybridized carbons (Fsp3) is 0.500. The summed E-state index contributed by atoms with van der Waals surface area (Å²) in [5.74, 6) is -1.17. The van der Waals surface area contributed by atoms with E-state index < -0.39 is 14.8 Å². The second kappa shape index (κ2) is 4.36. The van der Waals surface area contributed by atoms with E-state index in [1.54, 1.807) is 0 Å². The lowest BCUT2D eigenvalue weighted by molar-refractivity contribution is -0.132. The maximum absolute atomic E-state index is 10.5. The van der Waals surface area contributed by atoms with Crippen LogP contribution >= 0.6 is 0 Å². The molecule has 70 valence electrons. The first-order valence-corrected chi connectivity index (χ1v) is 4.84. The molecule has 0 unspecified atom stereocenters. The summed E-state index contributed by atoms with van der Waals surface area (Å²) in [5, 5.41) is 8.43. The molecule has 0 spiro atoms. The molecule has 0 aromatic heterocycles. The zero-order chi connectivity index (χ0) is 9.78. The van der Waals surface area contributed by atoms with Gasteiger partial charge in [0.05, 0.1) is 0 Å². The zero-order valence-corrected chi connectivity index (χ0v) is 8.29. The molecule has 6 heteroatoms. The number of carboxylic acids is 1. The van der Waals surface area contributed by atoms with Gasteiger partial charge in [0, 0.05) is 21.3 Å². The molecule has 0 aliphatic carbocycles. The first-order chi connectivity index (χ1) is 5.54. The normalized spacial score (nSPS) is 11.2. The maximum Gasteiger partial charge on any atom is 0.543 e. The largest absolute Gasteiger partial charge is 0.543 e. The third-order valence-corrected chi connectivity index (χ3v) is 4.00. The fourth-order valence-electron chi connectivity index (χ4n) is 0.751. The molecule has 0 bridgehead atoms. The molecule has 0 rings (SSSR count). The topological polar surface area (TPSA) is 65.0 Å². The minimum Gasteiger partial charge on any atom is -0.478 e. The van der Waals surface area contributed by atoms with Gasteiger partial charge in [-0.1, -0.05) is 6.58 Å². The van der Waals surface area contributed by atoms with Gasteiger partial charge in [-0.15, -0.1) is 0 Å². The number of rotatable bonds is 5. The quantitative estimate of drug-likeness (QED) is 0.492. The summed E-state index contributed by atoms with van der Waals surface area (Å²) >= 11 is 0. The molecule has 0 aromatic rings. The Kier molecular flexibility index (Phi) is 4.11. The second-order valence-electron chi connectivity index (χ2n) is 1.95. The summed E-state index contributed by atoms with van der Waals surface area (Å²) in [4.78, 5) is 10.5. The van der Waals surface area contributed by atoms with Crippen molar-refractivity contribution in [3.63, 3.8) is 0 Å². The van der Waals surface area contributed by atoms with Crippen molar-refractivity contribution >= 4 is 14.8 Å². The van der Waals surface area contributed by atoms with Crippen molar-refractivity contribution in [2.24, 2.45) is 0 Å². The van der Waals surface area contributed by atoms with E-state index in [0.717, 1.165) is 0 Å². The van der Waals surface area contributed by atoms with Crippen LogP contribution in [0.25, 0.3) is 0 Å². The van der Waals surface area contributed by atoms with E-state index in [2.05, 4.69) is 6.58 Å². The van der Waals surface area contributed by atoms with Gasteiger partial charge >= 0.3 is 14.8 Å². The summed E-state index contributed by atoms with van der Waals surface area (Å²) in [7, 11) is 0.802. The highest BCUT2D eigenvalue weighted by Gasteiger charge is 2.45. The average Bonchev–Trinajstić information content (AvgIpc) is 2.08. The lowest BCUT2D eigenvalue weighted by Gasteiger charge is -2.23. The number of aliphatic carboxylic acids is 1. The first-order valence-electron chi connectivity index (χ1n) is 3.12. The SMILES string of the molecule is C=C(C(=O)O)[Si](OC)(OC)OC. The third kappa shape index (κ3) is 1.92. The molecule has 0 radical (unpaired) electrons. The highest BCUT2D eigenvalue weighted by molar-refractivity contribution is 6.73. The Bertz CT molecular complexity index is 178. The van der Waals surface area contributed by atoms with Gasteiger partial charge in [0.15, 0.2) is 0 Å². The van der Waals surface area contributed by atoms with Crippen molar-refractivity contribution in [2.45, 2.75) is 0 Å². The Balaban J connectivity index is 4.71. The van der Waals surface area contributed by atoms with Crippen LogP contribution in [-0.2, 0) is 18.1 Å². The molecule has 1 N–H and O–H groups in total. The predicted octanol–water partition coefficient (Wildman–Crippen LogP) is 0.0445. The number of carboxylic acid groups (broad SMARTS) is 1. The van der Waals surface area contributed by atoms with Gasteiger partial charge in [-0.25, -0.2) is 4.79 Å². The van der Waals surface area contributed by atoms with E-state index in [9.17, 15) is 4.79 Å². The maximum atomic E-state index is 10.5. The molecule has 0 saturated heterocycles. The van der Waals surface area contributed by atoms with Gasteiger partial charge in [-0.2, -0.15) is 0 Å². The van der Waals surface area contributed by atoms with Crippen molar-refractivity contribution in [3.8, 4) is 0 Å². The van der Waals surface area contributed by atoms with Crippen LogP contribution in [0.3, 0.4) is 0 Å². The summed E-state index contributed by atoms with van der Waals surface area (Å²) in [6.07, 6.45) is 0. The molecule has 5 nitrogen and oxygen atoms in total. The minimum absolute atomic E-state index is 0.171. The van der Waals surface area contributed by atoms with Gasteiger partial charge in [0.2, 0.25) is 0 Å². The fourth-order valence-corrected chi connectivity index (χ4v) is 2.25.